The monoisotopic (exact) mass is 291 g/mol. The smallest absolute Gasteiger partial charge is 0.238 e. The van der Waals surface area contributed by atoms with Crippen molar-refractivity contribution in [2.45, 2.75) is 37.4 Å². The molecule has 2 heterocycles. The molecule has 0 bridgehead atoms. The maximum Gasteiger partial charge on any atom is 0.238 e. The highest BCUT2D eigenvalue weighted by atomic mass is 35.5. The van der Waals surface area contributed by atoms with E-state index in [1.54, 1.807) is 11.8 Å². The van der Waals surface area contributed by atoms with Crippen molar-refractivity contribution in [2.24, 2.45) is 0 Å². The number of hydrogen-bond acceptors (Lipinski definition) is 4. The molecule has 3 aliphatic rings. The average molecular weight is 292 g/mol. The number of halogens is 1. The lowest BCUT2D eigenvalue weighted by molar-refractivity contribution is -0.128. The molecule has 2 saturated heterocycles. The van der Waals surface area contributed by atoms with E-state index < -0.39 is 0 Å². The average Bonchev–Trinajstić information content (AvgIpc) is 2.86. The quantitative estimate of drug-likeness (QED) is 0.765. The molecule has 0 aromatic carbocycles. The molecule has 2 aliphatic heterocycles. The van der Waals surface area contributed by atoms with Crippen LogP contribution in [0.2, 0.25) is 0 Å². The van der Waals surface area contributed by atoms with Crippen molar-refractivity contribution >= 4 is 36.0 Å². The molecule has 2 atom stereocenters. The fourth-order valence-corrected chi connectivity index (χ4v) is 3.37. The first-order valence-corrected chi connectivity index (χ1v) is 7.30. The Kier molecular flexibility index (Phi) is 4.40. The summed E-state index contributed by atoms with van der Waals surface area (Å²) < 4.78 is 0. The zero-order chi connectivity index (χ0) is 11.8. The summed E-state index contributed by atoms with van der Waals surface area (Å²) in [5.41, 5.74) is 0. The molecule has 1 saturated carbocycles. The van der Waals surface area contributed by atoms with Gasteiger partial charge in [0.05, 0.1) is 12.1 Å². The highest BCUT2D eigenvalue weighted by Gasteiger charge is 2.40. The van der Waals surface area contributed by atoms with Crippen molar-refractivity contribution in [1.82, 2.24) is 15.5 Å². The lowest BCUT2D eigenvalue weighted by Gasteiger charge is -2.17. The molecule has 0 aromatic heterocycles. The lowest BCUT2D eigenvalue weighted by atomic mass is 10.2. The fraction of sp³-hybridized carbons (Fsp3) is 0.818. The van der Waals surface area contributed by atoms with Crippen LogP contribution in [-0.2, 0) is 9.59 Å². The third-order valence-electron chi connectivity index (χ3n) is 3.53. The van der Waals surface area contributed by atoms with Crippen LogP contribution in [0.25, 0.3) is 0 Å². The molecule has 1 aliphatic carbocycles. The minimum Gasteiger partial charge on any atom is -0.350 e. The minimum atomic E-state index is -0.0786. The first-order valence-electron chi connectivity index (χ1n) is 6.15. The van der Waals surface area contributed by atoms with Crippen molar-refractivity contribution in [2.75, 3.05) is 18.2 Å². The van der Waals surface area contributed by atoms with E-state index in [2.05, 4.69) is 10.6 Å². The molecule has 7 heteroatoms. The van der Waals surface area contributed by atoms with Crippen LogP contribution in [0.4, 0.5) is 0 Å². The van der Waals surface area contributed by atoms with Crippen molar-refractivity contribution in [3.63, 3.8) is 0 Å². The van der Waals surface area contributed by atoms with E-state index in [-0.39, 0.29) is 36.3 Å². The van der Waals surface area contributed by atoms with Crippen LogP contribution in [-0.4, -0.2) is 53.0 Å². The van der Waals surface area contributed by atoms with Gasteiger partial charge in [0.2, 0.25) is 11.8 Å². The van der Waals surface area contributed by atoms with Crippen LogP contribution in [0.5, 0.6) is 0 Å². The number of nitrogens with one attached hydrogen (secondary N) is 2. The van der Waals surface area contributed by atoms with E-state index in [0.29, 0.717) is 19.0 Å². The maximum absolute atomic E-state index is 11.9. The third kappa shape index (κ3) is 2.92. The fourth-order valence-electron chi connectivity index (χ4n) is 2.43. The molecule has 0 spiro atoms. The van der Waals surface area contributed by atoms with Gasteiger partial charge in [-0.15, -0.1) is 24.2 Å². The number of amides is 2. The number of carbonyl (C=O) groups excluding carboxylic acids is 2. The van der Waals surface area contributed by atoms with Crippen molar-refractivity contribution < 1.29 is 9.59 Å². The topological polar surface area (TPSA) is 61.4 Å². The van der Waals surface area contributed by atoms with Gasteiger partial charge in [0, 0.05) is 30.6 Å². The molecule has 0 aromatic rings. The molecular weight excluding hydrogens is 274 g/mol. The Morgan fingerprint density at radius 2 is 2.22 bits per heavy atom. The predicted octanol–water partition coefficient (Wildman–Crippen LogP) is -0.0498. The lowest BCUT2D eigenvalue weighted by Crippen LogP contribution is -2.47. The second-order valence-electron chi connectivity index (χ2n) is 4.96. The van der Waals surface area contributed by atoms with Gasteiger partial charge in [-0.3, -0.25) is 14.9 Å². The van der Waals surface area contributed by atoms with Crippen LogP contribution >= 0.6 is 24.2 Å². The molecular formula is C11H18ClN3O2S. The Bertz CT molecular complexity index is 345. The number of rotatable bonds is 3. The summed E-state index contributed by atoms with van der Waals surface area (Å²) in [6.07, 6.45) is 2.74. The van der Waals surface area contributed by atoms with Gasteiger partial charge in [0.15, 0.2) is 0 Å². The summed E-state index contributed by atoms with van der Waals surface area (Å²) in [6.45, 7) is 0.703. The zero-order valence-electron chi connectivity index (χ0n) is 10.1. The van der Waals surface area contributed by atoms with Crippen molar-refractivity contribution in [3.8, 4) is 0 Å². The Labute approximate surface area is 117 Å². The first-order chi connectivity index (χ1) is 8.24. The van der Waals surface area contributed by atoms with Crippen molar-refractivity contribution in [1.29, 1.82) is 0 Å². The van der Waals surface area contributed by atoms with Crippen LogP contribution in [0, 0.1) is 0 Å². The van der Waals surface area contributed by atoms with Gasteiger partial charge in [-0.25, -0.2) is 0 Å². The molecule has 102 valence electrons. The van der Waals surface area contributed by atoms with E-state index >= 15 is 0 Å². The van der Waals surface area contributed by atoms with Crippen LogP contribution in [0.15, 0.2) is 0 Å². The van der Waals surface area contributed by atoms with E-state index in [4.69, 9.17) is 0 Å². The number of carbonyl (C=O) groups is 2. The van der Waals surface area contributed by atoms with Crippen LogP contribution in [0.1, 0.15) is 19.3 Å². The second-order valence-corrected chi connectivity index (χ2v) is 5.99. The molecule has 5 nitrogen and oxygen atoms in total. The number of thioether (sulfide) groups is 1. The first kappa shape index (κ1) is 14.0. The Morgan fingerprint density at radius 1 is 1.44 bits per heavy atom. The van der Waals surface area contributed by atoms with Gasteiger partial charge < -0.3 is 10.2 Å². The molecule has 18 heavy (non-hydrogen) atoms. The normalized spacial score (nSPS) is 31.3. The minimum absolute atomic E-state index is 0. The second kappa shape index (κ2) is 5.67. The van der Waals surface area contributed by atoms with Crippen LogP contribution in [0.3, 0.4) is 0 Å². The summed E-state index contributed by atoms with van der Waals surface area (Å²) >= 11 is 1.74. The molecule has 3 rings (SSSR count). The summed E-state index contributed by atoms with van der Waals surface area (Å²) in [4.78, 5) is 25.5. The molecule has 3 fully saturated rings. The number of nitrogens with zero attached hydrogens (tertiary/aromatic N) is 1. The highest BCUT2D eigenvalue weighted by Crippen LogP contribution is 2.30. The van der Waals surface area contributed by atoms with Gasteiger partial charge in [-0.1, -0.05) is 0 Å². The molecule has 2 unspecified atom stereocenters. The van der Waals surface area contributed by atoms with Crippen molar-refractivity contribution in [3.05, 3.63) is 0 Å². The van der Waals surface area contributed by atoms with E-state index in [0.717, 1.165) is 24.5 Å². The predicted molar refractivity (Wildman–Crippen MR) is 72.8 cm³/mol. The third-order valence-corrected chi connectivity index (χ3v) is 4.47. The van der Waals surface area contributed by atoms with Gasteiger partial charge >= 0.3 is 0 Å². The summed E-state index contributed by atoms with van der Waals surface area (Å²) in [5, 5.41) is 6.13. The summed E-state index contributed by atoms with van der Waals surface area (Å²) in [5.74, 6) is 1.92. The standard InChI is InChI=1S/C11H17N3O2S.ClH/c15-10-3-7(4-14(10)8-1-2-8)13-11(16)9-5-17-6-12-9;/h7-9,12H,1-6H2,(H,13,16);1H. The maximum atomic E-state index is 11.9. The zero-order valence-corrected chi connectivity index (χ0v) is 11.7. The van der Waals surface area contributed by atoms with E-state index in [1.807, 2.05) is 4.90 Å². The largest absolute Gasteiger partial charge is 0.350 e. The Balaban J connectivity index is 0.00000120. The Morgan fingerprint density at radius 3 is 2.83 bits per heavy atom. The highest BCUT2D eigenvalue weighted by molar-refractivity contribution is 7.99. The van der Waals surface area contributed by atoms with Crippen LogP contribution < -0.4 is 10.6 Å². The Hall–Kier alpha value is -0.460. The molecule has 0 radical (unpaired) electrons. The summed E-state index contributed by atoms with van der Waals surface area (Å²) in [7, 11) is 0. The summed E-state index contributed by atoms with van der Waals surface area (Å²) in [6, 6.07) is 0.401. The van der Waals surface area contributed by atoms with E-state index in [1.165, 1.54) is 0 Å². The van der Waals surface area contributed by atoms with Gasteiger partial charge in [-0.2, -0.15) is 0 Å². The van der Waals surface area contributed by atoms with Gasteiger partial charge in [0.25, 0.3) is 0 Å². The molecule has 2 N–H and O–H groups in total. The molecule has 2 amide bonds. The van der Waals surface area contributed by atoms with E-state index in [9.17, 15) is 9.59 Å². The van der Waals surface area contributed by atoms with Gasteiger partial charge in [0.1, 0.15) is 0 Å². The van der Waals surface area contributed by atoms with Gasteiger partial charge in [-0.05, 0) is 12.8 Å². The number of likely N-dealkylation sites (tertiary alicyclic amines) is 1. The SMILES string of the molecule is Cl.O=C(NC1CC(=O)N(C2CC2)C1)C1CSCN1. The number of hydrogen-bond donors (Lipinski definition) is 2.